The largest absolute Gasteiger partial charge is 0.481 e. The summed E-state index contributed by atoms with van der Waals surface area (Å²) in [6.45, 7) is 0. The van der Waals surface area contributed by atoms with Gasteiger partial charge in [0.25, 0.3) is 5.56 Å². The van der Waals surface area contributed by atoms with E-state index in [0.717, 1.165) is 13.2 Å². The van der Waals surface area contributed by atoms with Crippen molar-refractivity contribution in [2.24, 2.45) is 7.05 Å². The fraction of sp³-hybridized carbons (Fsp3) is 0.250. The Bertz CT molecular complexity index is 776. The standard InChI is InChI=1S/C12H10F3N3O3/c1-18-9(12(13,14)15)8(10(19)17-11(18)20)6-3-4-7(21-2)16-5-6/h3-5H,1-2H3,(H,17,19,20). The Kier molecular flexibility index (Phi) is 3.58. The number of nitrogens with one attached hydrogen (secondary N) is 1. The van der Waals surface area contributed by atoms with E-state index in [9.17, 15) is 22.8 Å². The molecule has 0 fully saturated rings. The molecule has 0 aliphatic heterocycles. The quantitative estimate of drug-likeness (QED) is 0.903. The maximum absolute atomic E-state index is 13.1. The van der Waals surface area contributed by atoms with E-state index in [0.29, 0.717) is 4.57 Å². The van der Waals surface area contributed by atoms with E-state index in [4.69, 9.17) is 4.74 Å². The van der Waals surface area contributed by atoms with Gasteiger partial charge in [-0.25, -0.2) is 9.78 Å². The fourth-order valence-corrected chi connectivity index (χ4v) is 1.87. The molecule has 0 bridgehead atoms. The molecule has 1 N–H and O–H groups in total. The van der Waals surface area contributed by atoms with Gasteiger partial charge in [-0.15, -0.1) is 0 Å². The highest BCUT2D eigenvalue weighted by Crippen LogP contribution is 2.33. The number of nitrogens with zero attached hydrogens (tertiary/aromatic N) is 2. The minimum Gasteiger partial charge on any atom is -0.481 e. The normalized spacial score (nSPS) is 11.5. The van der Waals surface area contributed by atoms with Crippen LogP contribution in [0.2, 0.25) is 0 Å². The Hall–Kier alpha value is -2.58. The van der Waals surface area contributed by atoms with Crippen molar-refractivity contribution in [3.8, 4) is 17.0 Å². The van der Waals surface area contributed by atoms with Gasteiger partial charge in [0, 0.05) is 24.9 Å². The first-order valence-corrected chi connectivity index (χ1v) is 5.66. The zero-order chi connectivity index (χ0) is 15.8. The Labute approximate surface area is 115 Å². The topological polar surface area (TPSA) is 77.0 Å². The molecule has 21 heavy (non-hydrogen) atoms. The van der Waals surface area contributed by atoms with Crippen LogP contribution in [0.4, 0.5) is 13.2 Å². The highest BCUT2D eigenvalue weighted by molar-refractivity contribution is 5.65. The number of H-pyrrole nitrogens is 1. The molecule has 2 aromatic heterocycles. The zero-order valence-corrected chi connectivity index (χ0v) is 11.0. The van der Waals surface area contributed by atoms with Gasteiger partial charge >= 0.3 is 11.9 Å². The maximum atomic E-state index is 13.1. The van der Waals surface area contributed by atoms with E-state index in [-0.39, 0.29) is 11.4 Å². The molecule has 0 saturated heterocycles. The van der Waals surface area contributed by atoms with Crippen LogP contribution in [0.3, 0.4) is 0 Å². The first kappa shape index (κ1) is 14.8. The minimum absolute atomic E-state index is 0.0695. The van der Waals surface area contributed by atoms with Crippen LogP contribution in [-0.4, -0.2) is 21.6 Å². The predicted molar refractivity (Wildman–Crippen MR) is 67.1 cm³/mol. The number of rotatable bonds is 2. The van der Waals surface area contributed by atoms with Crippen LogP contribution < -0.4 is 16.0 Å². The van der Waals surface area contributed by atoms with Crippen molar-refractivity contribution in [2.45, 2.75) is 6.18 Å². The minimum atomic E-state index is -4.86. The monoisotopic (exact) mass is 301 g/mol. The molecule has 2 rings (SSSR count). The summed E-state index contributed by atoms with van der Waals surface area (Å²) in [6, 6.07) is 2.58. The molecule has 0 aromatic carbocycles. The van der Waals surface area contributed by atoms with Crippen LogP contribution in [0.1, 0.15) is 5.69 Å². The van der Waals surface area contributed by atoms with Crippen molar-refractivity contribution in [2.75, 3.05) is 7.11 Å². The number of methoxy groups -OCH3 is 1. The molecule has 2 heterocycles. The van der Waals surface area contributed by atoms with Gasteiger partial charge in [0.05, 0.1) is 12.7 Å². The molecule has 2 aromatic rings. The van der Waals surface area contributed by atoms with Crippen LogP contribution in [0.25, 0.3) is 11.1 Å². The van der Waals surface area contributed by atoms with Gasteiger partial charge in [-0.3, -0.25) is 14.3 Å². The molecule has 0 spiro atoms. The van der Waals surface area contributed by atoms with Crippen molar-refractivity contribution in [1.29, 1.82) is 0 Å². The third-order valence-electron chi connectivity index (χ3n) is 2.83. The van der Waals surface area contributed by atoms with Gasteiger partial charge in [-0.2, -0.15) is 13.2 Å². The zero-order valence-electron chi connectivity index (χ0n) is 11.0. The molecule has 0 radical (unpaired) electrons. The molecule has 0 atom stereocenters. The van der Waals surface area contributed by atoms with Crippen LogP contribution in [0.15, 0.2) is 27.9 Å². The summed E-state index contributed by atoms with van der Waals surface area (Å²) in [5.74, 6) is 0.188. The van der Waals surface area contributed by atoms with Crippen LogP contribution in [-0.2, 0) is 13.2 Å². The molecule has 6 nitrogen and oxygen atoms in total. The number of pyridine rings is 1. The van der Waals surface area contributed by atoms with Crippen LogP contribution in [0, 0.1) is 0 Å². The van der Waals surface area contributed by atoms with E-state index in [1.165, 1.54) is 19.2 Å². The third-order valence-corrected chi connectivity index (χ3v) is 2.83. The lowest BCUT2D eigenvalue weighted by atomic mass is 10.1. The number of aromatic amines is 1. The lowest BCUT2D eigenvalue weighted by Crippen LogP contribution is -2.35. The summed E-state index contributed by atoms with van der Waals surface area (Å²) in [5.41, 5.74) is -4.34. The number of halogens is 3. The number of alkyl halides is 3. The van der Waals surface area contributed by atoms with Gasteiger partial charge < -0.3 is 4.74 Å². The SMILES string of the molecule is COc1ccc(-c2c(C(F)(F)F)n(C)c(=O)[nH]c2=O)cn1. The van der Waals surface area contributed by atoms with Gasteiger partial charge in [-0.05, 0) is 6.07 Å². The van der Waals surface area contributed by atoms with E-state index in [1.807, 2.05) is 4.98 Å². The second-order valence-electron chi connectivity index (χ2n) is 4.13. The molecule has 0 unspecified atom stereocenters. The van der Waals surface area contributed by atoms with E-state index >= 15 is 0 Å². The predicted octanol–water partition coefficient (Wildman–Crippen LogP) is 1.16. The third kappa shape index (κ3) is 2.67. The summed E-state index contributed by atoms with van der Waals surface area (Å²) >= 11 is 0. The van der Waals surface area contributed by atoms with Crippen molar-refractivity contribution in [1.82, 2.24) is 14.5 Å². The Morgan fingerprint density at radius 2 is 1.95 bits per heavy atom. The fourth-order valence-electron chi connectivity index (χ4n) is 1.87. The highest BCUT2D eigenvalue weighted by atomic mass is 19.4. The second kappa shape index (κ2) is 5.08. The molecular weight excluding hydrogens is 291 g/mol. The van der Waals surface area contributed by atoms with E-state index < -0.39 is 28.7 Å². The van der Waals surface area contributed by atoms with Gasteiger partial charge in [0.15, 0.2) is 0 Å². The average molecular weight is 301 g/mol. The highest BCUT2D eigenvalue weighted by Gasteiger charge is 2.38. The number of hydrogen-bond acceptors (Lipinski definition) is 4. The lowest BCUT2D eigenvalue weighted by Gasteiger charge is -2.15. The average Bonchev–Trinajstić information content (AvgIpc) is 2.41. The van der Waals surface area contributed by atoms with E-state index in [2.05, 4.69) is 4.98 Å². The number of hydrogen-bond donors (Lipinski definition) is 1. The van der Waals surface area contributed by atoms with Crippen molar-refractivity contribution in [3.05, 3.63) is 44.9 Å². The summed E-state index contributed by atoms with van der Waals surface area (Å²) in [4.78, 5) is 28.7. The molecule has 9 heteroatoms. The van der Waals surface area contributed by atoms with Gasteiger partial charge in [-0.1, -0.05) is 0 Å². The number of aromatic nitrogens is 3. The van der Waals surface area contributed by atoms with Crippen LogP contribution in [0.5, 0.6) is 5.88 Å². The Balaban J connectivity index is 2.81. The summed E-state index contributed by atoms with van der Waals surface area (Å²) in [6.07, 6.45) is -3.79. The molecule has 0 amide bonds. The van der Waals surface area contributed by atoms with Gasteiger partial charge in [0.2, 0.25) is 5.88 Å². The Morgan fingerprint density at radius 3 is 2.43 bits per heavy atom. The molecule has 112 valence electrons. The smallest absolute Gasteiger partial charge is 0.432 e. The summed E-state index contributed by atoms with van der Waals surface area (Å²) < 4.78 is 44.6. The Morgan fingerprint density at radius 1 is 1.29 bits per heavy atom. The first-order chi connectivity index (χ1) is 9.75. The second-order valence-corrected chi connectivity index (χ2v) is 4.13. The van der Waals surface area contributed by atoms with E-state index in [1.54, 1.807) is 0 Å². The maximum Gasteiger partial charge on any atom is 0.432 e. The van der Waals surface area contributed by atoms with Crippen molar-refractivity contribution < 1.29 is 17.9 Å². The molecule has 0 aliphatic rings. The lowest BCUT2D eigenvalue weighted by molar-refractivity contribution is -0.143. The molecule has 0 saturated carbocycles. The van der Waals surface area contributed by atoms with Gasteiger partial charge in [0.1, 0.15) is 5.69 Å². The van der Waals surface area contributed by atoms with Crippen molar-refractivity contribution in [3.63, 3.8) is 0 Å². The van der Waals surface area contributed by atoms with Crippen LogP contribution >= 0.6 is 0 Å². The molecule has 0 aliphatic carbocycles. The first-order valence-electron chi connectivity index (χ1n) is 5.66. The molecular formula is C12H10F3N3O3. The summed E-state index contributed by atoms with van der Waals surface area (Å²) in [7, 11) is 2.28. The van der Waals surface area contributed by atoms with Crippen molar-refractivity contribution >= 4 is 0 Å². The summed E-state index contributed by atoms with van der Waals surface area (Å²) in [5, 5.41) is 0. The number of ether oxygens (including phenoxy) is 1.